The van der Waals surface area contributed by atoms with E-state index in [1.807, 2.05) is 20.8 Å². The number of ether oxygens (including phenoxy) is 1. The van der Waals surface area contributed by atoms with E-state index in [2.05, 4.69) is 5.10 Å². The van der Waals surface area contributed by atoms with E-state index in [1.54, 1.807) is 10.7 Å². The standard InChI is InChI=1S/C13H16FN3O/c1-7-8(2)16-17(9(7)3)12-6-13(18-4)10(14)5-11(12)15/h5-6H,15H2,1-4H3. The molecule has 0 spiro atoms. The summed E-state index contributed by atoms with van der Waals surface area (Å²) < 4.78 is 20.2. The number of anilines is 1. The number of nitrogens with two attached hydrogens (primary N) is 1. The number of hydrogen-bond acceptors (Lipinski definition) is 3. The van der Waals surface area contributed by atoms with Crippen molar-refractivity contribution in [3.8, 4) is 11.4 Å². The molecule has 0 aliphatic carbocycles. The monoisotopic (exact) mass is 249 g/mol. The molecule has 1 aromatic carbocycles. The van der Waals surface area contributed by atoms with Crippen LogP contribution in [0.15, 0.2) is 12.1 Å². The Balaban J connectivity index is 2.67. The Hall–Kier alpha value is -2.04. The summed E-state index contributed by atoms with van der Waals surface area (Å²) >= 11 is 0. The van der Waals surface area contributed by atoms with Crippen LogP contribution in [0.4, 0.5) is 10.1 Å². The number of nitrogens with zero attached hydrogens (tertiary/aromatic N) is 2. The normalized spacial score (nSPS) is 10.7. The molecule has 0 amide bonds. The van der Waals surface area contributed by atoms with Gasteiger partial charge in [0.05, 0.1) is 24.2 Å². The summed E-state index contributed by atoms with van der Waals surface area (Å²) in [5.41, 5.74) is 9.81. The molecule has 0 aliphatic rings. The number of hydrogen-bond donors (Lipinski definition) is 1. The largest absolute Gasteiger partial charge is 0.494 e. The highest BCUT2D eigenvalue weighted by atomic mass is 19.1. The van der Waals surface area contributed by atoms with Crippen LogP contribution in [0.1, 0.15) is 17.0 Å². The number of aromatic nitrogens is 2. The second-order valence-corrected chi connectivity index (χ2v) is 4.25. The topological polar surface area (TPSA) is 53.1 Å². The van der Waals surface area contributed by atoms with Gasteiger partial charge in [0, 0.05) is 17.8 Å². The van der Waals surface area contributed by atoms with Gasteiger partial charge in [-0.15, -0.1) is 0 Å². The van der Waals surface area contributed by atoms with Crippen LogP contribution in [0.5, 0.6) is 5.75 Å². The molecule has 0 radical (unpaired) electrons. The molecule has 2 aromatic rings. The molecule has 1 heterocycles. The minimum atomic E-state index is -0.475. The Morgan fingerprint density at radius 1 is 1.28 bits per heavy atom. The average molecular weight is 249 g/mol. The molecule has 1 aromatic heterocycles. The zero-order valence-corrected chi connectivity index (χ0v) is 10.9. The molecule has 4 nitrogen and oxygen atoms in total. The van der Waals surface area contributed by atoms with Crippen LogP contribution in [0.2, 0.25) is 0 Å². The highest BCUT2D eigenvalue weighted by Crippen LogP contribution is 2.28. The number of aryl methyl sites for hydroxylation is 1. The van der Waals surface area contributed by atoms with Crippen molar-refractivity contribution in [2.45, 2.75) is 20.8 Å². The predicted octanol–water partition coefficient (Wildman–Crippen LogP) is 2.53. The van der Waals surface area contributed by atoms with Crippen molar-refractivity contribution in [1.82, 2.24) is 9.78 Å². The lowest BCUT2D eigenvalue weighted by molar-refractivity contribution is 0.386. The van der Waals surface area contributed by atoms with Gasteiger partial charge in [-0.1, -0.05) is 0 Å². The maximum Gasteiger partial charge on any atom is 0.167 e. The number of rotatable bonds is 2. The minimum Gasteiger partial charge on any atom is -0.494 e. The fourth-order valence-corrected chi connectivity index (χ4v) is 1.85. The van der Waals surface area contributed by atoms with Crippen LogP contribution in [0.3, 0.4) is 0 Å². The van der Waals surface area contributed by atoms with Crippen molar-refractivity contribution in [2.75, 3.05) is 12.8 Å². The van der Waals surface area contributed by atoms with Crippen LogP contribution in [0, 0.1) is 26.6 Å². The van der Waals surface area contributed by atoms with Gasteiger partial charge in [0.2, 0.25) is 0 Å². The third kappa shape index (κ3) is 1.81. The van der Waals surface area contributed by atoms with E-state index in [0.29, 0.717) is 11.4 Å². The van der Waals surface area contributed by atoms with Gasteiger partial charge < -0.3 is 10.5 Å². The van der Waals surface area contributed by atoms with Gasteiger partial charge >= 0.3 is 0 Å². The summed E-state index contributed by atoms with van der Waals surface area (Å²) in [5.74, 6) is -0.318. The van der Waals surface area contributed by atoms with Crippen molar-refractivity contribution >= 4 is 5.69 Å². The van der Waals surface area contributed by atoms with E-state index in [4.69, 9.17) is 10.5 Å². The Bertz CT molecular complexity index is 605. The molecular formula is C13H16FN3O. The zero-order valence-electron chi connectivity index (χ0n) is 10.9. The van der Waals surface area contributed by atoms with Gasteiger partial charge in [-0.3, -0.25) is 0 Å². The van der Waals surface area contributed by atoms with Gasteiger partial charge in [0.15, 0.2) is 11.6 Å². The maximum absolute atomic E-state index is 13.5. The minimum absolute atomic E-state index is 0.157. The van der Waals surface area contributed by atoms with Gasteiger partial charge in [-0.2, -0.15) is 5.10 Å². The van der Waals surface area contributed by atoms with Gasteiger partial charge in [0.1, 0.15) is 0 Å². The molecule has 2 rings (SSSR count). The summed E-state index contributed by atoms with van der Waals surface area (Å²) in [6, 6.07) is 2.81. The summed E-state index contributed by atoms with van der Waals surface area (Å²) in [4.78, 5) is 0. The van der Waals surface area contributed by atoms with Crippen LogP contribution in [-0.4, -0.2) is 16.9 Å². The number of benzene rings is 1. The summed E-state index contributed by atoms with van der Waals surface area (Å²) in [7, 11) is 1.42. The highest BCUT2D eigenvalue weighted by molar-refractivity contribution is 5.61. The van der Waals surface area contributed by atoms with Gasteiger partial charge in [0.25, 0.3) is 0 Å². The molecule has 0 atom stereocenters. The highest BCUT2D eigenvalue weighted by Gasteiger charge is 2.14. The molecule has 0 unspecified atom stereocenters. The Morgan fingerprint density at radius 2 is 1.94 bits per heavy atom. The summed E-state index contributed by atoms with van der Waals surface area (Å²) in [5, 5.41) is 4.40. The van der Waals surface area contributed by atoms with Crippen molar-refractivity contribution in [3.63, 3.8) is 0 Å². The Labute approximate surface area is 105 Å². The lowest BCUT2D eigenvalue weighted by Crippen LogP contribution is -2.05. The Morgan fingerprint density at radius 3 is 2.44 bits per heavy atom. The van der Waals surface area contributed by atoms with Crippen LogP contribution in [-0.2, 0) is 0 Å². The fourth-order valence-electron chi connectivity index (χ4n) is 1.85. The van der Waals surface area contributed by atoms with E-state index < -0.39 is 5.82 Å². The fraction of sp³-hybridized carbons (Fsp3) is 0.308. The summed E-state index contributed by atoms with van der Waals surface area (Å²) in [6.45, 7) is 5.87. The lowest BCUT2D eigenvalue weighted by atomic mass is 10.2. The number of halogens is 1. The van der Waals surface area contributed by atoms with E-state index >= 15 is 0 Å². The smallest absolute Gasteiger partial charge is 0.167 e. The van der Waals surface area contributed by atoms with E-state index in [1.165, 1.54) is 13.2 Å². The van der Waals surface area contributed by atoms with Gasteiger partial charge in [-0.25, -0.2) is 9.07 Å². The molecular weight excluding hydrogens is 233 g/mol. The molecule has 2 N–H and O–H groups in total. The second kappa shape index (κ2) is 4.33. The first kappa shape index (κ1) is 12.4. The number of methoxy groups -OCH3 is 1. The first-order valence-corrected chi connectivity index (χ1v) is 5.62. The molecule has 0 saturated heterocycles. The molecule has 18 heavy (non-hydrogen) atoms. The summed E-state index contributed by atoms with van der Waals surface area (Å²) in [6.07, 6.45) is 0. The first-order chi connectivity index (χ1) is 8.45. The molecule has 96 valence electrons. The van der Waals surface area contributed by atoms with Crippen molar-refractivity contribution < 1.29 is 9.13 Å². The second-order valence-electron chi connectivity index (χ2n) is 4.25. The third-order valence-corrected chi connectivity index (χ3v) is 3.18. The van der Waals surface area contributed by atoms with E-state index in [0.717, 1.165) is 17.0 Å². The van der Waals surface area contributed by atoms with Crippen LogP contribution in [0.25, 0.3) is 5.69 Å². The van der Waals surface area contributed by atoms with Crippen molar-refractivity contribution in [1.29, 1.82) is 0 Å². The van der Waals surface area contributed by atoms with Crippen molar-refractivity contribution in [2.24, 2.45) is 0 Å². The maximum atomic E-state index is 13.5. The molecule has 5 heteroatoms. The first-order valence-electron chi connectivity index (χ1n) is 5.62. The molecule has 0 bridgehead atoms. The van der Waals surface area contributed by atoms with Crippen LogP contribution >= 0.6 is 0 Å². The zero-order chi connectivity index (χ0) is 13.4. The Kier molecular flexibility index (Phi) is 2.98. The number of nitrogen functional groups attached to an aromatic ring is 1. The quantitative estimate of drug-likeness (QED) is 0.832. The predicted molar refractivity (Wildman–Crippen MR) is 68.7 cm³/mol. The van der Waals surface area contributed by atoms with Crippen LogP contribution < -0.4 is 10.5 Å². The van der Waals surface area contributed by atoms with Crippen molar-refractivity contribution in [3.05, 3.63) is 34.9 Å². The molecule has 0 fully saturated rings. The van der Waals surface area contributed by atoms with Gasteiger partial charge in [-0.05, 0) is 26.3 Å². The van der Waals surface area contributed by atoms with E-state index in [-0.39, 0.29) is 5.75 Å². The lowest BCUT2D eigenvalue weighted by Gasteiger charge is -2.11. The van der Waals surface area contributed by atoms with E-state index in [9.17, 15) is 4.39 Å². The molecule has 0 saturated carbocycles. The SMILES string of the molecule is COc1cc(-n2nc(C)c(C)c2C)c(N)cc1F. The third-order valence-electron chi connectivity index (χ3n) is 3.18. The molecule has 0 aliphatic heterocycles. The average Bonchev–Trinajstić information content (AvgIpc) is 2.57.